The number of rotatable bonds is 9. The molecule has 1 N–H and O–H groups in total. The maximum absolute atomic E-state index is 13.9. The van der Waals surface area contributed by atoms with Crippen molar-refractivity contribution < 1.29 is 9.59 Å². The van der Waals surface area contributed by atoms with E-state index in [2.05, 4.69) is 5.32 Å². The van der Waals surface area contributed by atoms with E-state index in [-0.39, 0.29) is 28.7 Å². The predicted molar refractivity (Wildman–Crippen MR) is 157 cm³/mol. The molecular weight excluding hydrogens is 540 g/mol. The van der Waals surface area contributed by atoms with Gasteiger partial charge in [0.1, 0.15) is 4.83 Å². The van der Waals surface area contributed by atoms with E-state index in [1.54, 1.807) is 18.7 Å². The molecule has 0 unspecified atom stereocenters. The third-order valence-electron chi connectivity index (χ3n) is 7.02. The van der Waals surface area contributed by atoms with Gasteiger partial charge in [0, 0.05) is 31.7 Å². The first-order valence-corrected chi connectivity index (χ1v) is 15.2. The quantitative estimate of drug-likeness (QED) is 0.262. The molecule has 2 aromatic heterocycles. The van der Waals surface area contributed by atoms with Gasteiger partial charge in [-0.1, -0.05) is 61.7 Å². The zero-order valence-corrected chi connectivity index (χ0v) is 24.8. The van der Waals surface area contributed by atoms with Crippen LogP contribution in [0.5, 0.6) is 0 Å². The van der Waals surface area contributed by atoms with Gasteiger partial charge in [-0.3, -0.25) is 19.0 Å². The van der Waals surface area contributed by atoms with Crippen molar-refractivity contribution in [1.29, 1.82) is 0 Å². The van der Waals surface area contributed by atoms with Crippen molar-refractivity contribution in [2.75, 3.05) is 14.1 Å². The fraction of sp³-hybridized carbons (Fsp3) is 0.500. The highest BCUT2D eigenvalue weighted by Gasteiger charge is 2.27. The molecule has 204 valence electrons. The Morgan fingerprint density at radius 2 is 1.89 bits per heavy atom. The van der Waals surface area contributed by atoms with E-state index in [1.165, 1.54) is 34.4 Å². The summed E-state index contributed by atoms with van der Waals surface area (Å²) in [5.74, 6) is -0.154. The molecular formula is C28H35ClN4O3S2. The molecule has 0 spiro atoms. The summed E-state index contributed by atoms with van der Waals surface area (Å²) in [6.07, 6.45) is 6.75. The zero-order chi connectivity index (χ0) is 27.4. The number of thioether (sulfide) groups is 1. The second kappa shape index (κ2) is 12.7. The van der Waals surface area contributed by atoms with Crippen molar-refractivity contribution in [2.45, 2.75) is 81.8 Å². The van der Waals surface area contributed by atoms with Crippen LogP contribution in [-0.2, 0) is 17.8 Å². The van der Waals surface area contributed by atoms with Gasteiger partial charge in [0.25, 0.3) is 11.5 Å². The molecule has 0 bridgehead atoms. The van der Waals surface area contributed by atoms with Gasteiger partial charge in [0.05, 0.1) is 15.5 Å². The third-order valence-corrected chi connectivity index (χ3v) is 9.80. The summed E-state index contributed by atoms with van der Waals surface area (Å²) in [5.41, 5.74) is 1.52. The number of carbonyl (C=O) groups excluding carboxylic acids is 2. The van der Waals surface area contributed by atoms with E-state index in [4.69, 9.17) is 16.6 Å². The molecule has 1 fully saturated rings. The predicted octanol–water partition coefficient (Wildman–Crippen LogP) is 5.68. The molecule has 2 heterocycles. The van der Waals surface area contributed by atoms with Crippen LogP contribution < -0.4 is 10.9 Å². The van der Waals surface area contributed by atoms with Gasteiger partial charge in [-0.2, -0.15) is 0 Å². The van der Waals surface area contributed by atoms with Crippen molar-refractivity contribution in [3.8, 4) is 0 Å². The van der Waals surface area contributed by atoms with Crippen LogP contribution in [0.15, 0.2) is 34.2 Å². The number of thiophene rings is 1. The van der Waals surface area contributed by atoms with Gasteiger partial charge in [-0.25, -0.2) is 4.98 Å². The van der Waals surface area contributed by atoms with E-state index in [0.29, 0.717) is 50.2 Å². The van der Waals surface area contributed by atoms with E-state index < -0.39 is 0 Å². The Morgan fingerprint density at radius 3 is 2.53 bits per heavy atom. The molecule has 38 heavy (non-hydrogen) atoms. The summed E-state index contributed by atoms with van der Waals surface area (Å²) < 4.78 is 1.67. The first-order valence-electron chi connectivity index (χ1n) is 13.2. The maximum atomic E-state index is 13.9. The SMILES string of the molecule is CC[C@@H](Sc1nc2sc(C(=O)N(C)C)c(C)c2c(=O)n1CCc1ccc(Cl)cc1)C(=O)NC1CCCCC1. The summed E-state index contributed by atoms with van der Waals surface area (Å²) in [5, 5.41) is 4.50. The highest BCUT2D eigenvalue weighted by atomic mass is 35.5. The fourth-order valence-corrected chi connectivity index (χ4v) is 7.19. The minimum Gasteiger partial charge on any atom is -0.352 e. The van der Waals surface area contributed by atoms with Gasteiger partial charge in [-0.15, -0.1) is 11.3 Å². The summed E-state index contributed by atoms with van der Waals surface area (Å²) >= 11 is 8.63. The lowest BCUT2D eigenvalue weighted by Gasteiger charge is -2.25. The molecule has 2 amide bonds. The molecule has 7 nitrogen and oxygen atoms in total. The normalized spacial score (nSPS) is 15.0. The van der Waals surface area contributed by atoms with Crippen LogP contribution in [0.4, 0.5) is 0 Å². The topological polar surface area (TPSA) is 84.3 Å². The lowest BCUT2D eigenvalue weighted by Crippen LogP contribution is -2.41. The van der Waals surface area contributed by atoms with Gasteiger partial charge in [0.15, 0.2) is 5.16 Å². The summed E-state index contributed by atoms with van der Waals surface area (Å²) in [7, 11) is 3.39. The smallest absolute Gasteiger partial charge is 0.263 e. The van der Waals surface area contributed by atoms with Gasteiger partial charge < -0.3 is 10.2 Å². The Labute approximate surface area is 237 Å². The number of aryl methyl sites for hydroxylation is 2. The van der Waals surface area contributed by atoms with Crippen LogP contribution in [0, 0.1) is 6.92 Å². The molecule has 10 heteroatoms. The van der Waals surface area contributed by atoms with Crippen LogP contribution in [0.3, 0.4) is 0 Å². The number of fused-ring (bicyclic) bond motifs is 1. The average Bonchev–Trinajstić information content (AvgIpc) is 3.23. The highest BCUT2D eigenvalue weighted by molar-refractivity contribution is 8.00. The van der Waals surface area contributed by atoms with Gasteiger partial charge in [0.2, 0.25) is 5.91 Å². The van der Waals surface area contributed by atoms with Crippen molar-refractivity contribution in [1.82, 2.24) is 19.8 Å². The number of amides is 2. The van der Waals surface area contributed by atoms with Crippen LogP contribution in [0.1, 0.15) is 66.2 Å². The van der Waals surface area contributed by atoms with Crippen LogP contribution in [0.25, 0.3) is 10.2 Å². The largest absolute Gasteiger partial charge is 0.352 e. The monoisotopic (exact) mass is 574 g/mol. The van der Waals surface area contributed by atoms with Crippen LogP contribution in [-0.4, -0.2) is 51.7 Å². The minimum absolute atomic E-state index is 0.00571. The fourth-order valence-electron chi connectivity index (χ4n) is 4.77. The average molecular weight is 575 g/mol. The van der Waals surface area contributed by atoms with Crippen LogP contribution in [0.2, 0.25) is 5.02 Å². The molecule has 0 aliphatic heterocycles. The Balaban J connectivity index is 1.70. The zero-order valence-electron chi connectivity index (χ0n) is 22.4. The molecule has 4 rings (SSSR count). The molecule has 3 aromatic rings. The second-order valence-corrected chi connectivity index (χ2v) is 12.6. The van der Waals surface area contributed by atoms with E-state index in [1.807, 2.05) is 38.1 Å². The Hall–Kier alpha value is -2.36. The summed E-state index contributed by atoms with van der Waals surface area (Å²) in [4.78, 5) is 47.3. The first kappa shape index (κ1) is 28.6. The Kier molecular flexibility index (Phi) is 9.54. The number of nitrogens with one attached hydrogen (secondary N) is 1. The number of hydrogen-bond acceptors (Lipinski definition) is 6. The second-order valence-electron chi connectivity index (χ2n) is 10.0. The van der Waals surface area contributed by atoms with Gasteiger partial charge in [-0.05, 0) is 55.9 Å². The number of nitrogens with zero attached hydrogens (tertiary/aromatic N) is 3. The maximum Gasteiger partial charge on any atom is 0.263 e. The van der Waals surface area contributed by atoms with Crippen molar-refractivity contribution in [3.05, 3.63) is 55.6 Å². The summed E-state index contributed by atoms with van der Waals surface area (Å²) in [6.45, 7) is 4.19. The van der Waals surface area contributed by atoms with E-state index in [0.717, 1.165) is 31.2 Å². The molecule has 0 radical (unpaired) electrons. The molecule has 1 aromatic carbocycles. The van der Waals surface area contributed by atoms with E-state index >= 15 is 0 Å². The molecule has 0 saturated heterocycles. The number of benzene rings is 1. The van der Waals surface area contributed by atoms with Crippen LogP contribution >= 0.6 is 34.7 Å². The summed E-state index contributed by atoms with van der Waals surface area (Å²) in [6, 6.07) is 7.78. The van der Waals surface area contributed by atoms with Gasteiger partial charge >= 0.3 is 0 Å². The lowest BCUT2D eigenvalue weighted by molar-refractivity contribution is -0.121. The number of halogens is 1. The molecule has 1 atom stereocenters. The highest BCUT2D eigenvalue weighted by Crippen LogP contribution is 2.32. The number of aromatic nitrogens is 2. The third kappa shape index (κ3) is 6.43. The standard InChI is InChI=1S/C28H35ClN4O3S2/c1-5-21(24(34)30-20-9-7-6-8-10-20)37-28-31-25-22(17(2)23(38-25)27(36)32(3)4)26(35)33(28)16-15-18-11-13-19(29)14-12-18/h11-14,20-21H,5-10,15-16H2,1-4H3,(H,30,34)/t21-/m1/s1. The molecule has 1 saturated carbocycles. The minimum atomic E-state index is -0.369. The Morgan fingerprint density at radius 1 is 1.21 bits per heavy atom. The Bertz CT molecular complexity index is 1360. The van der Waals surface area contributed by atoms with Crippen molar-refractivity contribution in [3.63, 3.8) is 0 Å². The number of hydrogen-bond donors (Lipinski definition) is 1. The molecule has 1 aliphatic rings. The molecule has 1 aliphatic carbocycles. The number of carbonyl (C=O) groups is 2. The van der Waals surface area contributed by atoms with Crippen molar-refractivity contribution in [2.24, 2.45) is 0 Å². The lowest BCUT2D eigenvalue weighted by atomic mass is 9.95. The van der Waals surface area contributed by atoms with Crippen molar-refractivity contribution >= 4 is 56.7 Å². The first-order chi connectivity index (χ1) is 18.2. The van der Waals surface area contributed by atoms with E-state index in [9.17, 15) is 14.4 Å².